The number of aryl methyl sites for hydroxylation is 3. The van der Waals surface area contributed by atoms with Crippen LogP contribution in [0.25, 0.3) is 10.9 Å². The van der Waals surface area contributed by atoms with Crippen LogP contribution in [0.5, 0.6) is 0 Å². The van der Waals surface area contributed by atoms with Gasteiger partial charge in [0.15, 0.2) is 0 Å². The van der Waals surface area contributed by atoms with Crippen LogP contribution in [0.4, 0.5) is 11.6 Å². The highest BCUT2D eigenvalue weighted by atomic mass is 15.3. The van der Waals surface area contributed by atoms with Crippen LogP contribution in [0.15, 0.2) is 30.3 Å². The smallest absolute Gasteiger partial charge is 0.145 e. The number of aromatic nitrogens is 3. The van der Waals surface area contributed by atoms with E-state index in [9.17, 15) is 0 Å². The summed E-state index contributed by atoms with van der Waals surface area (Å²) in [5, 5.41) is 1.38. The minimum atomic E-state index is 0.525. The molecule has 0 unspecified atom stereocenters. The van der Waals surface area contributed by atoms with Crippen LogP contribution in [0.3, 0.4) is 0 Å². The highest BCUT2D eigenvalue weighted by molar-refractivity contribution is 5.86. The lowest BCUT2D eigenvalue weighted by atomic mass is 9.91. The molecular weight excluding hydrogens is 312 g/mol. The predicted molar refractivity (Wildman–Crippen MR) is 102 cm³/mol. The molecular formula is C19H24N6. The Morgan fingerprint density at radius 2 is 2.00 bits per heavy atom. The van der Waals surface area contributed by atoms with Gasteiger partial charge in [0.2, 0.25) is 0 Å². The van der Waals surface area contributed by atoms with Gasteiger partial charge in [-0.1, -0.05) is 25.1 Å². The topological polar surface area (TPSA) is 72.0 Å². The first-order valence-electron chi connectivity index (χ1n) is 8.75. The molecule has 3 N–H and O–H groups in total. The average molecular weight is 336 g/mol. The van der Waals surface area contributed by atoms with Gasteiger partial charge in [0, 0.05) is 48.7 Å². The lowest BCUT2D eigenvalue weighted by molar-refractivity contribution is 0.494. The maximum Gasteiger partial charge on any atom is 0.145 e. The SMILES string of the molecule is CCc1c(C2CN(c3cc(NN)nc(C)n3)C2)n(C)c2ccccc12. The summed E-state index contributed by atoms with van der Waals surface area (Å²) >= 11 is 0. The van der Waals surface area contributed by atoms with Crippen LogP contribution in [0.2, 0.25) is 0 Å². The quantitative estimate of drug-likeness (QED) is 0.566. The largest absolute Gasteiger partial charge is 0.355 e. The molecule has 6 heteroatoms. The Bertz CT molecular complexity index is 923. The minimum absolute atomic E-state index is 0.525. The van der Waals surface area contributed by atoms with Crippen molar-refractivity contribution in [2.24, 2.45) is 12.9 Å². The number of para-hydroxylation sites is 1. The molecule has 0 radical (unpaired) electrons. The van der Waals surface area contributed by atoms with Crippen LogP contribution in [-0.4, -0.2) is 27.6 Å². The maximum absolute atomic E-state index is 5.50. The second kappa shape index (κ2) is 6.04. The van der Waals surface area contributed by atoms with Crippen molar-refractivity contribution in [2.45, 2.75) is 26.2 Å². The molecule has 0 spiro atoms. The number of hydrogen-bond donors (Lipinski definition) is 2. The molecule has 25 heavy (non-hydrogen) atoms. The number of nitrogens with two attached hydrogens (primary N) is 1. The van der Waals surface area contributed by atoms with E-state index in [1.807, 2.05) is 13.0 Å². The third kappa shape index (κ3) is 2.53. The van der Waals surface area contributed by atoms with E-state index in [1.54, 1.807) is 0 Å². The van der Waals surface area contributed by atoms with Crippen LogP contribution >= 0.6 is 0 Å². The normalized spacial score (nSPS) is 14.8. The maximum atomic E-state index is 5.50. The fourth-order valence-electron chi connectivity index (χ4n) is 4.01. The fraction of sp³-hybridized carbons (Fsp3) is 0.368. The molecule has 1 fully saturated rings. The molecule has 0 atom stereocenters. The van der Waals surface area contributed by atoms with Crippen molar-refractivity contribution < 1.29 is 0 Å². The number of nitrogens with one attached hydrogen (secondary N) is 1. The first-order chi connectivity index (χ1) is 12.1. The van der Waals surface area contributed by atoms with Crippen LogP contribution < -0.4 is 16.2 Å². The highest BCUT2D eigenvalue weighted by Crippen LogP contribution is 2.37. The van der Waals surface area contributed by atoms with Crippen molar-refractivity contribution in [2.75, 3.05) is 23.4 Å². The molecule has 1 aromatic carbocycles. The molecule has 3 heterocycles. The second-order valence-corrected chi connectivity index (χ2v) is 6.70. The molecule has 0 aliphatic carbocycles. The Balaban J connectivity index is 1.64. The van der Waals surface area contributed by atoms with Gasteiger partial charge in [-0.2, -0.15) is 0 Å². The van der Waals surface area contributed by atoms with E-state index in [2.05, 4.69) is 63.1 Å². The van der Waals surface area contributed by atoms with Gasteiger partial charge < -0.3 is 14.9 Å². The summed E-state index contributed by atoms with van der Waals surface area (Å²) < 4.78 is 2.37. The molecule has 0 bridgehead atoms. The summed E-state index contributed by atoms with van der Waals surface area (Å²) in [7, 11) is 2.19. The number of nitrogen functional groups attached to an aromatic ring is 1. The van der Waals surface area contributed by atoms with Gasteiger partial charge in [0.05, 0.1) is 0 Å². The van der Waals surface area contributed by atoms with Gasteiger partial charge in [-0.3, -0.25) is 0 Å². The van der Waals surface area contributed by atoms with E-state index in [-0.39, 0.29) is 0 Å². The molecule has 1 saturated heterocycles. The van der Waals surface area contributed by atoms with Gasteiger partial charge in [0.25, 0.3) is 0 Å². The number of fused-ring (bicyclic) bond motifs is 1. The Morgan fingerprint density at radius 1 is 1.24 bits per heavy atom. The monoisotopic (exact) mass is 336 g/mol. The van der Waals surface area contributed by atoms with E-state index in [1.165, 1.54) is 22.2 Å². The molecule has 6 nitrogen and oxygen atoms in total. The Kier molecular flexibility index (Phi) is 3.84. The Morgan fingerprint density at radius 3 is 2.72 bits per heavy atom. The Labute approximate surface area is 147 Å². The van der Waals surface area contributed by atoms with E-state index in [4.69, 9.17) is 5.84 Å². The number of benzene rings is 1. The zero-order valence-corrected chi connectivity index (χ0v) is 15.0. The van der Waals surface area contributed by atoms with Gasteiger partial charge in [0.1, 0.15) is 17.5 Å². The lowest BCUT2D eigenvalue weighted by Gasteiger charge is -2.41. The molecule has 3 aromatic rings. The third-order valence-electron chi connectivity index (χ3n) is 5.18. The van der Waals surface area contributed by atoms with Crippen LogP contribution in [0.1, 0.15) is 29.9 Å². The minimum Gasteiger partial charge on any atom is -0.355 e. The number of rotatable bonds is 4. The van der Waals surface area contributed by atoms with Crippen molar-refractivity contribution in [3.8, 4) is 0 Å². The van der Waals surface area contributed by atoms with E-state index >= 15 is 0 Å². The summed E-state index contributed by atoms with van der Waals surface area (Å²) in [6, 6.07) is 10.6. The summed E-state index contributed by atoms with van der Waals surface area (Å²) in [6.45, 7) is 6.07. The molecule has 1 aliphatic heterocycles. The van der Waals surface area contributed by atoms with E-state index in [0.717, 1.165) is 31.2 Å². The predicted octanol–water partition coefficient (Wildman–Crippen LogP) is 2.73. The fourth-order valence-corrected chi connectivity index (χ4v) is 4.01. The molecule has 4 rings (SSSR count). The molecule has 2 aromatic heterocycles. The molecule has 1 aliphatic rings. The number of hydrazine groups is 1. The summed E-state index contributed by atoms with van der Waals surface area (Å²) in [4.78, 5) is 11.1. The zero-order chi connectivity index (χ0) is 17.6. The summed E-state index contributed by atoms with van der Waals surface area (Å²) in [6.07, 6.45) is 1.06. The highest BCUT2D eigenvalue weighted by Gasteiger charge is 2.33. The van der Waals surface area contributed by atoms with Gasteiger partial charge >= 0.3 is 0 Å². The number of nitrogens with zero attached hydrogens (tertiary/aromatic N) is 4. The van der Waals surface area contributed by atoms with Gasteiger partial charge in [-0.15, -0.1) is 0 Å². The lowest BCUT2D eigenvalue weighted by Crippen LogP contribution is -2.46. The first-order valence-corrected chi connectivity index (χ1v) is 8.75. The van der Waals surface area contributed by atoms with Crippen molar-refractivity contribution >= 4 is 22.5 Å². The van der Waals surface area contributed by atoms with Crippen molar-refractivity contribution in [3.63, 3.8) is 0 Å². The molecule has 130 valence electrons. The average Bonchev–Trinajstić information content (AvgIpc) is 2.86. The van der Waals surface area contributed by atoms with Crippen molar-refractivity contribution in [1.82, 2.24) is 14.5 Å². The number of hydrogen-bond acceptors (Lipinski definition) is 5. The van der Waals surface area contributed by atoms with Crippen LogP contribution in [0, 0.1) is 6.92 Å². The summed E-state index contributed by atoms with van der Waals surface area (Å²) in [5.41, 5.74) is 6.88. The van der Waals surface area contributed by atoms with Crippen LogP contribution in [-0.2, 0) is 13.5 Å². The third-order valence-corrected chi connectivity index (χ3v) is 5.18. The summed E-state index contributed by atoms with van der Waals surface area (Å²) in [5.74, 6) is 8.35. The zero-order valence-electron chi connectivity index (χ0n) is 15.0. The van der Waals surface area contributed by atoms with Crippen molar-refractivity contribution in [1.29, 1.82) is 0 Å². The first kappa shape index (κ1) is 15.9. The second-order valence-electron chi connectivity index (χ2n) is 6.70. The van der Waals surface area contributed by atoms with E-state index in [0.29, 0.717) is 11.7 Å². The molecule has 0 amide bonds. The van der Waals surface area contributed by atoms with E-state index < -0.39 is 0 Å². The number of anilines is 2. The van der Waals surface area contributed by atoms with Crippen molar-refractivity contribution in [3.05, 3.63) is 47.4 Å². The van der Waals surface area contributed by atoms with Gasteiger partial charge in [-0.25, -0.2) is 15.8 Å². The van der Waals surface area contributed by atoms with Gasteiger partial charge in [-0.05, 0) is 25.0 Å². The molecule has 0 saturated carbocycles. The standard InChI is InChI=1S/C19H24N6/c1-4-14-15-7-5-6-8-16(15)24(3)19(14)13-10-25(11-13)18-9-17(23-20)21-12(2)22-18/h5-9,13H,4,10-11,20H2,1-3H3,(H,21,22,23). The Hall–Kier alpha value is -2.60.